The minimum atomic E-state index is 0. The lowest BCUT2D eigenvalue weighted by Crippen LogP contribution is -2.48. The van der Waals surface area contributed by atoms with Crippen molar-refractivity contribution in [1.29, 1.82) is 0 Å². The van der Waals surface area contributed by atoms with Crippen molar-refractivity contribution in [3.05, 3.63) is 29.9 Å². The van der Waals surface area contributed by atoms with Gasteiger partial charge in [-0.15, -0.1) is 24.0 Å². The molecule has 1 aliphatic heterocycles. The van der Waals surface area contributed by atoms with Crippen molar-refractivity contribution in [2.24, 2.45) is 4.99 Å². The van der Waals surface area contributed by atoms with Gasteiger partial charge in [-0.25, -0.2) is 0 Å². The Morgan fingerprint density at radius 2 is 1.87 bits per heavy atom. The number of benzene rings is 1. The molecule has 2 aromatic rings. The Kier molecular flexibility index (Phi) is 10.2. The first kappa shape index (κ1) is 25.0. The van der Waals surface area contributed by atoms with E-state index in [2.05, 4.69) is 49.7 Å². The van der Waals surface area contributed by atoms with E-state index >= 15 is 0 Å². The average molecular weight is 544 g/mol. The minimum absolute atomic E-state index is 0. The van der Waals surface area contributed by atoms with Gasteiger partial charge in [0.15, 0.2) is 11.8 Å². The van der Waals surface area contributed by atoms with Crippen LogP contribution in [-0.4, -0.2) is 62.5 Å². The van der Waals surface area contributed by atoms with Crippen molar-refractivity contribution < 1.29 is 14.0 Å². The number of hydrogen-bond acceptors (Lipinski definition) is 7. The number of aryl methyl sites for hydroxylation is 1. The smallest absolute Gasteiger partial charge is 0.228 e. The molecule has 10 heteroatoms. The van der Waals surface area contributed by atoms with Gasteiger partial charge in [-0.3, -0.25) is 4.99 Å². The third-order valence-electron chi connectivity index (χ3n) is 5.05. The number of guanidine groups is 1. The molecule has 1 aromatic carbocycles. The molecule has 1 aliphatic rings. The Labute approximate surface area is 201 Å². The molecule has 0 aliphatic carbocycles. The Hall–Kier alpha value is -2.24. The summed E-state index contributed by atoms with van der Waals surface area (Å²) < 4.78 is 16.0. The maximum atomic E-state index is 5.40. The second-order valence-electron chi connectivity index (χ2n) is 7.22. The fraction of sp³-hybridized carbons (Fsp3) is 0.571. The first-order chi connectivity index (χ1) is 14.6. The molecule has 1 saturated heterocycles. The van der Waals surface area contributed by atoms with Gasteiger partial charge in [0.25, 0.3) is 0 Å². The van der Waals surface area contributed by atoms with Crippen molar-refractivity contribution in [1.82, 2.24) is 20.8 Å². The van der Waals surface area contributed by atoms with Crippen LogP contribution in [0.3, 0.4) is 0 Å². The Morgan fingerprint density at radius 1 is 1.19 bits per heavy atom. The number of halogens is 1. The summed E-state index contributed by atoms with van der Waals surface area (Å²) in [5.74, 6) is 3.72. The zero-order valence-corrected chi connectivity index (χ0v) is 21.0. The monoisotopic (exact) mass is 544 g/mol. The second-order valence-corrected chi connectivity index (χ2v) is 7.22. The molecule has 172 valence electrons. The topological polar surface area (TPSA) is 97.0 Å². The number of rotatable bonds is 8. The van der Waals surface area contributed by atoms with Gasteiger partial charge in [-0.2, -0.15) is 4.98 Å². The maximum absolute atomic E-state index is 5.40. The summed E-state index contributed by atoms with van der Waals surface area (Å²) in [6.07, 6.45) is 2.67. The van der Waals surface area contributed by atoms with E-state index in [1.54, 1.807) is 14.2 Å². The van der Waals surface area contributed by atoms with Crippen molar-refractivity contribution in [3.8, 4) is 11.5 Å². The lowest BCUT2D eigenvalue weighted by molar-refractivity contribution is 0.376. The molecule has 0 saturated carbocycles. The van der Waals surface area contributed by atoms with Crippen LogP contribution in [0.1, 0.15) is 31.5 Å². The SMILES string of the molecule is CCNC(=NCCc1nc(C)no1)NC1CCN(c2cc(OC)cc(OC)c2)CC1.I. The standard InChI is InChI=1S/C21H32N6O3.HI/c1-5-22-21(23-9-6-20-24-15(2)26-30-20)25-16-7-10-27(11-8-16)17-12-18(28-3)14-19(13-17)29-4;/h12-14,16H,5-11H2,1-4H3,(H2,22,23,25);1H. The van der Waals surface area contributed by atoms with Crippen molar-refractivity contribution in [3.63, 3.8) is 0 Å². The highest BCUT2D eigenvalue weighted by molar-refractivity contribution is 14.0. The highest BCUT2D eigenvalue weighted by atomic mass is 127. The molecule has 2 heterocycles. The van der Waals surface area contributed by atoms with E-state index in [0.717, 1.165) is 55.6 Å². The Bertz CT molecular complexity index is 814. The van der Waals surface area contributed by atoms with Crippen LogP contribution in [0.2, 0.25) is 0 Å². The van der Waals surface area contributed by atoms with Gasteiger partial charge in [-0.05, 0) is 26.7 Å². The van der Waals surface area contributed by atoms with Crippen LogP contribution < -0.4 is 25.0 Å². The molecule has 0 atom stereocenters. The molecule has 1 aromatic heterocycles. The summed E-state index contributed by atoms with van der Waals surface area (Å²) >= 11 is 0. The first-order valence-corrected chi connectivity index (χ1v) is 10.4. The molecule has 0 spiro atoms. The predicted octanol–water partition coefficient (Wildman–Crippen LogP) is 2.78. The highest BCUT2D eigenvalue weighted by Crippen LogP contribution is 2.30. The summed E-state index contributed by atoms with van der Waals surface area (Å²) in [6, 6.07) is 6.38. The summed E-state index contributed by atoms with van der Waals surface area (Å²) in [5.41, 5.74) is 1.13. The minimum Gasteiger partial charge on any atom is -0.497 e. The van der Waals surface area contributed by atoms with Crippen molar-refractivity contribution in [2.45, 2.75) is 39.2 Å². The van der Waals surface area contributed by atoms with Crippen LogP contribution in [-0.2, 0) is 6.42 Å². The third-order valence-corrected chi connectivity index (χ3v) is 5.05. The van der Waals surface area contributed by atoms with Crippen molar-refractivity contribution >= 4 is 35.6 Å². The molecular formula is C21H33IN6O3. The van der Waals surface area contributed by atoms with E-state index in [-0.39, 0.29) is 24.0 Å². The molecular weight excluding hydrogens is 511 g/mol. The van der Waals surface area contributed by atoms with E-state index in [1.165, 1.54) is 0 Å². The van der Waals surface area contributed by atoms with Gasteiger partial charge in [0.2, 0.25) is 5.89 Å². The van der Waals surface area contributed by atoms with E-state index < -0.39 is 0 Å². The van der Waals surface area contributed by atoms with Gasteiger partial charge in [0.05, 0.1) is 20.8 Å². The molecule has 1 fully saturated rings. The predicted molar refractivity (Wildman–Crippen MR) is 132 cm³/mol. The number of anilines is 1. The summed E-state index contributed by atoms with van der Waals surface area (Å²) in [5, 5.41) is 10.7. The van der Waals surface area contributed by atoms with Crippen LogP contribution in [0.15, 0.2) is 27.7 Å². The fourth-order valence-corrected chi connectivity index (χ4v) is 3.48. The highest BCUT2D eigenvalue weighted by Gasteiger charge is 2.21. The van der Waals surface area contributed by atoms with Crippen LogP contribution >= 0.6 is 24.0 Å². The van der Waals surface area contributed by atoms with Gasteiger partial charge in [-0.1, -0.05) is 5.16 Å². The Morgan fingerprint density at radius 3 is 2.42 bits per heavy atom. The molecule has 31 heavy (non-hydrogen) atoms. The van der Waals surface area contributed by atoms with Crippen LogP contribution in [0.5, 0.6) is 11.5 Å². The maximum Gasteiger partial charge on any atom is 0.228 e. The summed E-state index contributed by atoms with van der Waals surface area (Å²) in [7, 11) is 3.35. The van der Waals surface area contributed by atoms with Crippen LogP contribution in [0.25, 0.3) is 0 Å². The lowest BCUT2D eigenvalue weighted by Gasteiger charge is -2.34. The van der Waals surface area contributed by atoms with E-state index in [0.29, 0.717) is 30.7 Å². The fourth-order valence-electron chi connectivity index (χ4n) is 3.48. The van der Waals surface area contributed by atoms with Gasteiger partial charge < -0.3 is 29.5 Å². The quantitative estimate of drug-likeness (QED) is 0.298. The molecule has 0 amide bonds. The number of nitrogens with zero attached hydrogens (tertiary/aromatic N) is 4. The van der Waals surface area contributed by atoms with Gasteiger partial charge in [0.1, 0.15) is 11.5 Å². The molecule has 0 unspecified atom stereocenters. The van der Waals surface area contributed by atoms with Crippen molar-refractivity contribution in [2.75, 3.05) is 45.3 Å². The molecule has 3 rings (SSSR count). The average Bonchev–Trinajstić information content (AvgIpc) is 3.19. The first-order valence-electron chi connectivity index (χ1n) is 10.4. The van der Waals surface area contributed by atoms with Crippen LogP contribution in [0.4, 0.5) is 5.69 Å². The number of piperidine rings is 1. The third kappa shape index (κ3) is 7.44. The van der Waals surface area contributed by atoms with Gasteiger partial charge in [0, 0.05) is 56.0 Å². The second kappa shape index (κ2) is 12.6. The van der Waals surface area contributed by atoms with E-state index in [4.69, 9.17) is 14.0 Å². The molecule has 2 N–H and O–H groups in total. The number of ether oxygens (including phenoxy) is 2. The summed E-state index contributed by atoms with van der Waals surface area (Å²) in [6.45, 7) is 7.20. The normalized spacial score (nSPS) is 14.7. The molecule has 0 bridgehead atoms. The van der Waals surface area contributed by atoms with Gasteiger partial charge >= 0.3 is 0 Å². The number of aliphatic imine (C=N–C) groups is 1. The summed E-state index contributed by atoms with van der Waals surface area (Å²) in [4.78, 5) is 11.2. The lowest BCUT2D eigenvalue weighted by atomic mass is 10.0. The number of methoxy groups -OCH3 is 2. The Balaban J connectivity index is 0.00000341. The number of hydrogen-bond donors (Lipinski definition) is 2. The number of aromatic nitrogens is 2. The van der Waals surface area contributed by atoms with E-state index in [9.17, 15) is 0 Å². The number of nitrogens with one attached hydrogen (secondary N) is 2. The largest absolute Gasteiger partial charge is 0.497 e. The zero-order valence-electron chi connectivity index (χ0n) is 18.7. The van der Waals surface area contributed by atoms with Crippen LogP contribution in [0, 0.1) is 6.92 Å². The van der Waals surface area contributed by atoms with E-state index in [1.807, 2.05) is 13.0 Å². The zero-order chi connectivity index (χ0) is 21.3. The molecule has 0 radical (unpaired) electrons. The molecule has 9 nitrogen and oxygen atoms in total.